The second-order valence-electron chi connectivity index (χ2n) is 6.49. The molecule has 0 aliphatic carbocycles. The van der Waals surface area contributed by atoms with E-state index in [1.54, 1.807) is 7.11 Å². The molecule has 6 nitrogen and oxygen atoms in total. The summed E-state index contributed by atoms with van der Waals surface area (Å²) < 4.78 is 7.38. The van der Waals surface area contributed by atoms with Crippen LogP contribution in [0.4, 0.5) is 0 Å². The fraction of sp³-hybridized carbons (Fsp3) is 0.381. The van der Waals surface area contributed by atoms with Gasteiger partial charge in [-0.05, 0) is 39.8 Å². The van der Waals surface area contributed by atoms with Crippen LogP contribution in [0, 0.1) is 13.8 Å². The molecule has 2 aromatic heterocycles. The maximum atomic E-state index is 12.4. The molecule has 1 amide bonds. The molecule has 0 radical (unpaired) electrons. The maximum Gasteiger partial charge on any atom is 0.232 e. The van der Waals surface area contributed by atoms with Gasteiger partial charge in [-0.15, -0.1) is 0 Å². The first-order chi connectivity index (χ1) is 13.5. The highest BCUT2D eigenvalue weighted by atomic mass is 32.2. The Kier molecular flexibility index (Phi) is 6.24. The zero-order valence-electron chi connectivity index (χ0n) is 17.0. The molecule has 3 aromatic rings. The molecule has 0 aliphatic rings. The highest BCUT2D eigenvalue weighted by Gasteiger charge is 2.19. The molecular formula is C21H26N4O2S. The van der Waals surface area contributed by atoms with Gasteiger partial charge in [-0.25, -0.2) is 9.50 Å². The van der Waals surface area contributed by atoms with Gasteiger partial charge in [0, 0.05) is 24.3 Å². The molecule has 0 saturated carbocycles. The van der Waals surface area contributed by atoms with Crippen LogP contribution in [0.1, 0.15) is 25.2 Å². The van der Waals surface area contributed by atoms with Crippen molar-refractivity contribution in [1.82, 2.24) is 19.5 Å². The molecule has 28 heavy (non-hydrogen) atoms. The van der Waals surface area contributed by atoms with E-state index in [-0.39, 0.29) is 5.91 Å². The lowest BCUT2D eigenvalue weighted by atomic mass is 10.1. The standard InChI is InChI=1S/C21H26N4O2S/c1-6-24(7-2)18(26)13-28-19-12-14(3)22-21-20(15(4)23-25(19)21)16-10-8-9-11-17(16)27-5/h8-12H,6-7,13H2,1-5H3. The van der Waals surface area contributed by atoms with E-state index in [9.17, 15) is 4.79 Å². The second kappa shape index (κ2) is 8.65. The molecule has 0 spiro atoms. The summed E-state index contributed by atoms with van der Waals surface area (Å²) in [6.45, 7) is 9.37. The van der Waals surface area contributed by atoms with Crippen LogP contribution in [0.25, 0.3) is 16.8 Å². The van der Waals surface area contributed by atoms with Crippen LogP contribution in [-0.2, 0) is 4.79 Å². The van der Waals surface area contributed by atoms with Crippen LogP contribution >= 0.6 is 11.8 Å². The van der Waals surface area contributed by atoms with Crippen molar-refractivity contribution in [3.63, 3.8) is 0 Å². The van der Waals surface area contributed by atoms with E-state index >= 15 is 0 Å². The van der Waals surface area contributed by atoms with Crippen LogP contribution in [0.15, 0.2) is 35.4 Å². The van der Waals surface area contributed by atoms with E-state index in [1.807, 2.05) is 67.4 Å². The smallest absolute Gasteiger partial charge is 0.232 e. The van der Waals surface area contributed by atoms with Gasteiger partial charge in [0.15, 0.2) is 5.65 Å². The molecular weight excluding hydrogens is 372 g/mol. The Morgan fingerprint density at radius 1 is 1.21 bits per heavy atom. The Hall–Kier alpha value is -2.54. The number of aromatic nitrogens is 3. The van der Waals surface area contributed by atoms with Crippen LogP contribution in [-0.4, -0.2) is 51.4 Å². The molecule has 7 heteroatoms. The summed E-state index contributed by atoms with van der Waals surface area (Å²) in [7, 11) is 1.67. The predicted molar refractivity (Wildman–Crippen MR) is 113 cm³/mol. The van der Waals surface area contributed by atoms with Gasteiger partial charge in [0.25, 0.3) is 0 Å². The van der Waals surface area contributed by atoms with E-state index < -0.39 is 0 Å². The maximum absolute atomic E-state index is 12.4. The summed E-state index contributed by atoms with van der Waals surface area (Å²) in [4.78, 5) is 19.0. The number of carbonyl (C=O) groups excluding carboxylic acids is 1. The third-order valence-corrected chi connectivity index (χ3v) is 5.67. The summed E-state index contributed by atoms with van der Waals surface area (Å²) in [5.74, 6) is 1.30. The average Bonchev–Trinajstić information content (AvgIpc) is 3.02. The molecule has 0 saturated heterocycles. The number of fused-ring (bicyclic) bond motifs is 1. The van der Waals surface area contributed by atoms with Gasteiger partial charge in [-0.3, -0.25) is 4.79 Å². The van der Waals surface area contributed by atoms with E-state index in [4.69, 9.17) is 14.8 Å². The topological polar surface area (TPSA) is 59.7 Å². The average molecular weight is 399 g/mol. The minimum absolute atomic E-state index is 0.131. The SMILES string of the molecule is CCN(CC)C(=O)CSc1cc(C)nc2c(-c3ccccc3OC)c(C)nn12. The Morgan fingerprint density at radius 3 is 2.61 bits per heavy atom. The first-order valence-electron chi connectivity index (χ1n) is 9.41. The van der Waals surface area contributed by atoms with Crippen molar-refractivity contribution in [2.24, 2.45) is 0 Å². The van der Waals surface area contributed by atoms with Gasteiger partial charge in [0.2, 0.25) is 5.91 Å². The summed E-state index contributed by atoms with van der Waals surface area (Å²) in [5.41, 5.74) is 4.46. The monoisotopic (exact) mass is 398 g/mol. The molecule has 0 atom stereocenters. The number of carbonyl (C=O) groups is 1. The number of nitrogens with zero attached hydrogens (tertiary/aromatic N) is 4. The fourth-order valence-corrected chi connectivity index (χ4v) is 4.24. The first-order valence-corrected chi connectivity index (χ1v) is 10.4. The molecule has 148 valence electrons. The lowest BCUT2D eigenvalue weighted by molar-refractivity contribution is -0.127. The number of rotatable bonds is 7. The van der Waals surface area contributed by atoms with E-state index in [0.29, 0.717) is 5.75 Å². The summed E-state index contributed by atoms with van der Waals surface area (Å²) in [5, 5.41) is 5.63. The van der Waals surface area contributed by atoms with Gasteiger partial charge in [-0.1, -0.05) is 30.0 Å². The van der Waals surface area contributed by atoms with Crippen LogP contribution in [0.2, 0.25) is 0 Å². The van der Waals surface area contributed by atoms with Crippen molar-refractivity contribution in [2.45, 2.75) is 32.7 Å². The lowest BCUT2D eigenvalue weighted by Gasteiger charge is -2.18. The van der Waals surface area contributed by atoms with Gasteiger partial charge in [0.05, 0.1) is 24.1 Å². The third-order valence-electron chi connectivity index (χ3n) is 4.70. The number of amides is 1. The number of benzene rings is 1. The van der Waals surface area contributed by atoms with Crippen molar-refractivity contribution in [2.75, 3.05) is 26.0 Å². The van der Waals surface area contributed by atoms with Crippen LogP contribution in [0.3, 0.4) is 0 Å². The normalized spacial score (nSPS) is 11.0. The Balaban J connectivity index is 2.04. The van der Waals surface area contributed by atoms with E-state index in [0.717, 1.165) is 52.0 Å². The highest BCUT2D eigenvalue weighted by Crippen LogP contribution is 2.35. The largest absolute Gasteiger partial charge is 0.496 e. The molecule has 0 bridgehead atoms. The quantitative estimate of drug-likeness (QED) is 0.445. The van der Waals surface area contributed by atoms with Crippen molar-refractivity contribution < 1.29 is 9.53 Å². The predicted octanol–water partition coefficient (Wildman–Crippen LogP) is 3.98. The zero-order chi connectivity index (χ0) is 20.3. The zero-order valence-corrected chi connectivity index (χ0v) is 17.8. The number of ether oxygens (including phenoxy) is 1. The Labute approximate surface area is 169 Å². The minimum atomic E-state index is 0.131. The molecule has 0 unspecified atom stereocenters. The summed E-state index contributed by atoms with van der Waals surface area (Å²) in [6.07, 6.45) is 0. The number of methoxy groups -OCH3 is 1. The number of hydrogen-bond acceptors (Lipinski definition) is 5. The Morgan fingerprint density at radius 2 is 1.93 bits per heavy atom. The molecule has 3 rings (SSSR count). The lowest BCUT2D eigenvalue weighted by Crippen LogP contribution is -2.31. The highest BCUT2D eigenvalue weighted by molar-refractivity contribution is 7.99. The number of thioether (sulfide) groups is 1. The van der Waals surface area contributed by atoms with Gasteiger partial charge in [-0.2, -0.15) is 5.10 Å². The van der Waals surface area contributed by atoms with Gasteiger partial charge >= 0.3 is 0 Å². The molecule has 0 aliphatic heterocycles. The van der Waals surface area contributed by atoms with E-state index in [2.05, 4.69) is 0 Å². The molecule has 2 heterocycles. The Bertz CT molecular complexity index is 995. The van der Waals surface area contributed by atoms with Crippen LogP contribution in [0.5, 0.6) is 5.75 Å². The number of aryl methyl sites for hydroxylation is 2. The third kappa shape index (κ3) is 3.85. The van der Waals surface area contributed by atoms with Crippen molar-refractivity contribution in [3.05, 3.63) is 41.7 Å². The van der Waals surface area contributed by atoms with Crippen LogP contribution < -0.4 is 4.74 Å². The minimum Gasteiger partial charge on any atom is -0.496 e. The summed E-state index contributed by atoms with van der Waals surface area (Å²) in [6, 6.07) is 9.86. The van der Waals surface area contributed by atoms with Gasteiger partial charge < -0.3 is 9.64 Å². The van der Waals surface area contributed by atoms with E-state index in [1.165, 1.54) is 11.8 Å². The van der Waals surface area contributed by atoms with Crippen molar-refractivity contribution in [1.29, 1.82) is 0 Å². The van der Waals surface area contributed by atoms with Crippen molar-refractivity contribution in [3.8, 4) is 16.9 Å². The molecule has 1 aromatic carbocycles. The first kappa shape index (κ1) is 20.2. The molecule has 0 N–H and O–H groups in total. The fourth-order valence-electron chi connectivity index (χ4n) is 3.28. The second-order valence-corrected chi connectivity index (χ2v) is 7.48. The summed E-state index contributed by atoms with van der Waals surface area (Å²) >= 11 is 1.50. The number of hydrogen-bond donors (Lipinski definition) is 0. The van der Waals surface area contributed by atoms with Crippen molar-refractivity contribution >= 4 is 23.3 Å². The number of para-hydroxylation sites is 1. The van der Waals surface area contributed by atoms with Gasteiger partial charge in [0.1, 0.15) is 10.8 Å². The molecule has 0 fully saturated rings.